The van der Waals surface area contributed by atoms with E-state index in [1.165, 1.54) is 12.3 Å². The molecule has 10 nitrogen and oxygen atoms in total. The SMILES string of the molecule is COS(=O)(=O)Oc1ccc(N(C)CCOc2ccc(CC3SC(=O)NC3=O)cc2)nc1. The quantitative estimate of drug-likeness (QED) is 0.553. The smallest absolute Gasteiger partial charge is 0.448 e. The maximum absolute atomic E-state index is 11.6. The molecule has 2 heterocycles. The molecule has 1 aromatic heterocycles. The lowest BCUT2D eigenvalue weighted by atomic mass is 10.1. The molecule has 1 unspecified atom stereocenters. The molecule has 0 radical (unpaired) electrons. The summed E-state index contributed by atoms with van der Waals surface area (Å²) in [4.78, 5) is 28.9. The number of aromatic nitrogens is 1. The first-order valence-corrected chi connectivity index (χ1v) is 11.4. The van der Waals surface area contributed by atoms with E-state index in [0.29, 0.717) is 31.1 Å². The molecule has 1 saturated heterocycles. The number of carbonyl (C=O) groups excluding carboxylic acids is 2. The van der Waals surface area contributed by atoms with Gasteiger partial charge in [-0.25, -0.2) is 9.17 Å². The van der Waals surface area contributed by atoms with Crippen LogP contribution in [0.2, 0.25) is 0 Å². The molecule has 0 spiro atoms. The van der Waals surface area contributed by atoms with E-state index in [4.69, 9.17) is 8.92 Å². The molecule has 1 fully saturated rings. The summed E-state index contributed by atoms with van der Waals surface area (Å²) < 4.78 is 37.2. The van der Waals surface area contributed by atoms with E-state index < -0.39 is 15.6 Å². The highest BCUT2D eigenvalue weighted by Gasteiger charge is 2.31. The van der Waals surface area contributed by atoms with Crippen LogP contribution in [-0.2, 0) is 25.8 Å². The van der Waals surface area contributed by atoms with Crippen molar-refractivity contribution in [1.29, 1.82) is 0 Å². The zero-order valence-electron chi connectivity index (χ0n) is 16.8. The van der Waals surface area contributed by atoms with Gasteiger partial charge in [-0.3, -0.25) is 14.9 Å². The number of amides is 2. The Morgan fingerprint density at radius 3 is 2.42 bits per heavy atom. The van der Waals surface area contributed by atoms with Crippen molar-refractivity contribution in [1.82, 2.24) is 10.3 Å². The highest BCUT2D eigenvalue weighted by Crippen LogP contribution is 2.24. The number of ether oxygens (including phenoxy) is 1. The first-order valence-electron chi connectivity index (χ1n) is 9.16. The predicted molar refractivity (Wildman–Crippen MR) is 115 cm³/mol. The van der Waals surface area contributed by atoms with Crippen LogP contribution in [0.15, 0.2) is 42.6 Å². The van der Waals surface area contributed by atoms with Crippen LogP contribution in [0, 0.1) is 0 Å². The van der Waals surface area contributed by atoms with Crippen molar-refractivity contribution in [3.05, 3.63) is 48.2 Å². The molecular formula is C19H21N3O7S2. The average molecular weight is 468 g/mol. The van der Waals surface area contributed by atoms with E-state index in [9.17, 15) is 18.0 Å². The fourth-order valence-corrected chi connectivity index (χ4v) is 3.94. The normalized spacial score (nSPS) is 16.1. The number of hydrogen-bond acceptors (Lipinski definition) is 10. The number of imide groups is 1. The summed E-state index contributed by atoms with van der Waals surface area (Å²) in [5.41, 5.74) is 0.939. The molecule has 1 atom stereocenters. The zero-order chi connectivity index (χ0) is 22.4. The molecular weight excluding hydrogens is 446 g/mol. The van der Waals surface area contributed by atoms with Crippen molar-refractivity contribution in [3.8, 4) is 11.5 Å². The third kappa shape index (κ3) is 6.57. The summed E-state index contributed by atoms with van der Waals surface area (Å²) in [6.45, 7) is 0.926. The number of nitrogens with zero attached hydrogens (tertiary/aromatic N) is 2. The lowest BCUT2D eigenvalue weighted by molar-refractivity contribution is -0.118. The summed E-state index contributed by atoms with van der Waals surface area (Å²) in [7, 11) is -1.24. The van der Waals surface area contributed by atoms with Crippen LogP contribution in [-0.4, -0.2) is 57.1 Å². The number of likely N-dealkylation sites (N-methyl/N-ethyl adjacent to an activating group) is 1. The number of carbonyl (C=O) groups is 2. The Bertz CT molecular complexity index is 1030. The summed E-state index contributed by atoms with van der Waals surface area (Å²) >= 11 is 1.01. The van der Waals surface area contributed by atoms with Crippen LogP contribution in [0.5, 0.6) is 11.5 Å². The Kier molecular flexibility index (Phi) is 7.36. The van der Waals surface area contributed by atoms with Crippen LogP contribution >= 0.6 is 11.8 Å². The number of anilines is 1. The summed E-state index contributed by atoms with van der Waals surface area (Å²) in [5, 5.41) is 1.57. The van der Waals surface area contributed by atoms with E-state index >= 15 is 0 Å². The van der Waals surface area contributed by atoms with Gasteiger partial charge in [0.15, 0.2) is 5.75 Å². The van der Waals surface area contributed by atoms with Gasteiger partial charge in [-0.05, 0) is 36.2 Å². The summed E-state index contributed by atoms with van der Waals surface area (Å²) in [6.07, 6.45) is 1.76. The molecule has 1 aromatic carbocycles. The molecule has 2 amide bonds. The van der Waals surface area contributed by atoms with Crippen LogP contribution in [0.1, 0.15) is 5.56 Å². The lowest BCUT2D eigenvalue weighted by Crippen LogP contribution is -2.25. The van der Waals surface area contributed by atoms with Gasteiger partial charge >= 0.3 is 10.4 Å². The van der Waals surface area contributed by atoms with Crippen LogP contribution in [0.3, 0.4) is 0 Å². The predicted octanol–water partition coefficient (Wildman–Crippen LogP) is 1.76. The third-order valence-electron chi connectivity index (χ3n) is 4.32. The third-order valence-corrected chi connectivity index (χ3v) is 6.11. The van der Waals surface area contributed by atoms with E-state index in [1.807, 2.05) is 36.2 Å². The molecule has 3 rings (SSSR count). The summed E-state index contributed by atoms with van der Waals surface area (Å²) in [6, 6.07) is 10.5. The van der Waals surface area contributed by atoms with E-state index in [-0.39, 0.29) is 16.9 Å². The first kappa shape index (κ1) is 22.8. The van der Waals surface area contributed by atoms with Crippen LogP contribution in [0.25, 0.3) is 0 Å². The highest BCUT2D eigenvalue weighted by molar-refractivity contribution is 8.15. The van der Waals surface area contributed by atoms with Gasteiger partial charge in [0.05, 0.1) is 25.1 Å². The van der Waals surface area contributed by atoms with Crippen molar-refractivity contribution >= 4 is 39.1 Å². The lowest BCUT2D eigenvalue weighted by Gasteiger charge is -2.18. The minimum atomic E-state index is -4.08. The number of hydrogen-bond donors (Lipinski definition) is 1. The van der Waals surface area contributed by atoms with Crippen LogP contribution < -0.4 is 19.1 Å². The largest absolute Gasteiger partial charge is 0.492 e. The van der Waals surface area contributed by atoms with E-state index in [0.717, 1.165) is 24.4 Å². The number of pyridine rings is 1. The summed E-state index contributed by atoms with van der Waals surface area (Å²) in [5.74, 6) is 1.08. The van der Waals surface area contributed by atoms with Gasteiger partial charge in [-0.15, -0.1) is 0 Å². The second-order valence-corrected chi connectivity index (χ2v) is 9.00. The monoisotopic (exact) mass is 467 g/mol. The molecule has 1 aliphatic rings. The number of benzene rings is 1. The second kappa shape index (κ2) is 9.98. The van der Waals surface area contributed by atoms with Gasteiger partial charge in [-0.1, -0.05) is 23.9 Å². The van der Waals surface area contributed by atoms with Gasteiger partial charge in [-0.2, -0.15) is 8.42 Å². The number of thioether (sulfide) groups is 1. The number of rotatable bonds is 10. The highest BCUT2D eigenvalue weighted by atomic mass is 32.3. The van der Waals surface area contributed by atoms with Gasteiger partial charge in [0, 0.05) is 7.05 Å². The van der Waals surface area contributed by atoms with E-state index in [2.05, 4.69) is 14.5 Å². The average Bonchev–Trinajstić information content (AvgIpc) is 3.06. The Balaban J connectivity index is 1.45. The molecule has 0 bridgehead atoms. The fraction of sp³-hybridized carbons (Fsp3) is 0.316. The Hall–Kier alpha value is -2.83. The van der Waals surface area contributed by atoms with Crippen LogP contribution in [0.4, 0.5) is 10.6 Å². The van der Waals surface area contributed by atoms with Crippen molar-refractivity contribution < 1.29 is 31.1 Å². The van der Waals surface area contributed by atoms with Crippen molar-refractivity contribution in [3.63, 3.8) is 0 Å². The molecule has 0 aliphatic carbocycles. The van der Waals surface area contributed by atoms with Gasteiger partial charge < -0.3 is 13.8 Å². The zero-order valence-corrected chi connectivity index (χ0v) is 18.4. The topological polar surface area (TPSA) is 124 Å². The minimum Gasteiger partial charge on any atom is -0.492 e. The van der Waals surface area contributed by atoms with Crippen molar-refractivity contribution in [2.75, 3.05) is 32.2 Å². The molecule has 0 saturated carbocycles. The minimum absolute atomic E-state index is 0.0493. The van der Waals surface area contributed by atoms with Gasteiger partial charge in [0.1, 0.15) is 18.2 Å². The molecule has 166 valence electrons. The maximum Gasteiger partial charge on any atom is 0.448 e. The van der Waals surface area contributed by atoms with E-state index in [1.54, 1.807) is 6.07 Å². The Morgan fingerprint density at radius 1 is 1.13 bits per heavy atom. The Labute approximate surface area is 184 Å². The standard InChI is InChI=1S/C19H21N3O7S2/c1-22(17-8-7-15(12-20-17)29-31(25,26)27-2)9-10-28-14-5-3-13(4-6-14)11-16-18(23)21-19(24)30-16/h3-8,12,16H,9-11H2,1-2H3,(H,21,23,24). The molecule has 1 N–H and O–H groups in total. The van der Waals surface area contributed by atoms with Crippen molar-refractivity contribution in [2.45, 2.75) is 11.7 Å². The Morgan fingerprint density at radius 2 is 1.84 bits per heavy atom. The van der Waals surface area contributed by atoms with Gasteiger partial charge in [0.25, 0.3) is 5.24 Å². The molecule has 12 heteroatoms. The maximum atomic E-state index is 11.6. The molecule has 1 aliphatic heterocycles. The molecule has 31 heavy (non-hydrogen) atoms. The molecule has 2 aromatic rings. The number of nitrogens with one attached hydrogen (secondary N) is 1. The fourth-order valence-electron chi connectivity index (χ4n) is 2.68. The van der Waals surface area contributed by atoms with Crippen molar-refractivity contribution in [2.24, 2.45) is 0 Å². The van der Waals surface area contributed by atoms with Gasteiger partial charge in [0.2, 0.25) is 5.91 Å². The first-order chi connectivity index (χ1) is 14.8. The second-order valence-electron chi connectivity index (χ2n) is 6.51.